The molecule has 0 aliphatic heterocycles. The van der Waals surface area contributed by atoms with Crippen LogP contribution in [0.5, 0.6) is 11.5 Å². The molecule has 0 spiro atoms. The Morgan fingerprint density at radius 3 is 2.33 bits per heavy atom. The molecule has 0 fully saturated rings. The van der Waals surface area contributed by atoms with Crippen molar-refractivity contribution in [1.82, 2.24) is 0 Å². The number of nitrogens with zero attached hydrogens (tertiary/aromatic N) is 1. The summed E-state index contributed by atoms with van der Waals surface area (Å²) in [6.45, 7) is 1.65. The maximum Gasteiger partial charge on any atom is 0.416 e. The molecular formula is C16H14F4NO5P. The smallest absolute Gasteiger partial charge is 0.416 e. The third-order valence-electron chi connectivity index (χ3n) is 3.64. The highest BCUT2D eigenvalue weighted by atomic mass is 31.1. The molecule has 2 aromatic carbocycles. The van der Waals surface area contributed by atoms with Crippen molar-refractivity contribution in [2.45, 2.75) is 19.5 Å². The van der Waals surface area contributed by atoms with Crippen LogP contribution in [0, 0.1) is 15.9 Å². The van der Waals surface area contributed by atoms with E-state index >= 15 is 0 Å². The van der Waals surface area contributed by atoms with Crippen molar-refractivity contribution in [3.05, 3.63) is 57.4 Å². The molecule has 0 amide bonds. The molecule has 27 heavy (non-hydrogen) atoms. The summed E-state index contributed by atoms with van der Waals surface area (Å²) in [5, 5.41) is 10.9. The zero-order chi connectivity index (χ0) is 20.4. The minimum atomic E-state index is -4.72. The van der Waals surface area contributed by atoms with Gasteiger partial charge in [0, 0.05) is 24.8 Å². The molecule has 0 saturated carbocycles. The van der Waals surface area contributed by atoms with E-state index in [1.807, 2.05) is 0 Å². The normalized spacial score (nSPS) is 12.7. The summed E-state index contributed by atoms with van der Waals surface area (Å²) < 4.78 is 73.9. The first-order valence-corrected chi connectivity index (χ1v) is 8.84. The van der Waals surface area contributed by atoms with E-state index in [9.17, 15) is 32.2 Å². The molecule has 0 saturated heterocycles. The molecule has 0 N–H and O–H groups in total. The predicted octanol–water partition coefficient (Wildman–Crippen LogP) is 4.85. The van der Waals surface area contributed by atoms with Crippen molar-refractivity contribution in [2.24, 2.45) is 0 Å². The number of benzene rings is 2. The highest BCUT2D eigenvalue weighted by molar-refractivity contribution is 7.48. The lowest BCUT2D eigenvalue weighted by atomic mass is 10.1. The van der Waals surface area contributed by atoms with E-state index in [1.54, 1.807) is 6.92 Å². The van der Waals surface area contributed by atoms with Crippen LogP contribution in [-0.2, 0) is 21.7 Å². The molecule has 1 unspecified atom stereocenters. The molecule has 11 heteroatoms. The van der Waals surface area contributed by atoms with Crippen molar-refractivity contribution in [3.8, 4) is 11.5 Å². The Bertz CT molecular complexity index is 901. The summed E-state index contributed by atoms with van der Waals surface area (Å²) in [6, 6.07) is 3.94. The maximum atomic E-state index is 14.0. The Morgan fingerprint density at radius 1 is 1.19 bits per heavy atom. The first-order chi connectivity index (χ1) is 12.6. The fourth-order valence-electron chi connectivity index (χ4n) is 2.29. The van der Waals surface area contributed by atoms with Gasteiger partial charge in [0.2, 0.25) is 8.03 Å². The zero-order valence-corrected chi connectivity index (χ0v) is 15.1. The van der Waals surface area contributed by atoms with E-state index in [4.69, 9.17) is 4.74 Å². The zero-order valence-electron chi connectivity index (χ0n) is 14.1. The molecule has 0 aliphatic rings. The van der Waals surface area contributed by atoms with E-state index < -0.39 is 41.9 Å². The third kappa shape index (κ3) is 4.64. The Labute approximate surface area is 151 Å². The van der Waals surface area contributed by atoms with Crippen LogP contribution in [0.3, 0.4) is 0 Å². The number of nitro benzene ring substituents is 1. The third-order valence-corrected chi connectivity index (χ3v) is 4.85. The molecule has 146 valence electrons. The number of alkyl halides is 3. The lowest BCUT2D eigenvalue weighted by molar-refractivity contribution is -0.383. The summed E-state index contributed by atoms with van der Waals surface area (Å²) in [6.07, 6.45) is -4.47. The van der Waals surface area contributed by atoms with Crippen LogP contribution in [0.4, 0.5) is 23.2 Å². The maximum absolute atomic E-state index is 14.0. The second kappa shape index (κ2) is 8.06. The van der Waals surface area contributed by atoms with Gasteiger partial charge in [-0.3, -0.25) is 14.7 Å². The van der Waals surface area contributed by atoms with Crippen molar-refractivity contribution in [2.75, 3.05) is 7.11 Å². The SMILES string of the molecule is CCc1cc([N+](=O)[O-])c([PH](=O)OC)cc1Oc1ccc(C(F)(F)F)cc1F. The van der Waals surface area contributed by atoms with Gasteiger partial charge in [0.25, 0.3) is 5.69 Å². The Kier molecular flexibility index (Phi) is 6.22. The average molecular weight is 407 g/mol. The van der Waals surface area contributed by atoms with Gasteiger partial charge in [-0.1, -0.05) is 6.92 Å². The monoisotopic (exact) mass is 407 g/mol. The minimum absolute atomic E-state index is 0.0628. The first kappa shape index (κ1) is 20.9. The van der Waals surface area contributed by atoms with Gasteiger partial charge in [0.15, 0.2) is 11.6 Å². The van der Waals surface area contributed by atoms with Crippen LogP contribution >= 0.6 is 8.03 Å². The van der Waals surface area contributed by atoms with Crippen LogP contribution < -0.4 is 10.0 Å². The van der Waals surface area contributed by atoms with E-state index in [2.05, 4.69) is 4.52 Å². The summed E-state index contributed by atoms with van der Waals surface area (Å²) >= 11 is 0. The van der Waals surface area contributed by atoms with Gasteiger partial charge in [-0.25, -0.2) is 4.39 Å². The molecule has 0 heterocycles. The molecule has 0 aliphatic carbocycles. The van der Waals surface area contributed by atoms with Crippen molar-refractivity contribution >= 4 is 19.0 Å². The number of aryl methyl sites for hydroxylation is 1. The number of hydrogen-bond donors (Lipinski definition) is 0. The van der Waals surface area contributed by atoms with E-state index in [0.717, 1.165) is 25.3 Å². The van der Waals surface area contributed by atoms with E-state index in [0.29, 0.717) is 6.07 Å². The second-order valence-corrected chi connectivity index (χ2v) is 6.85. The number of nitro groups is 1. The summed E-state index contributed by atoms with van der Waals surface area (Å²) in [7, 11) is -1.86. The van der Waals surface area contributed by atoms with Gasteiger partial charge < -0.3 is 9.26 Å². The van der Waals surface area contributed by atoms with Crippen LogP contribution in [-0.4, -0.2) is 12.0 Å². The van der Waals surface area contributed by atoms with Crippen molar-refractivity contribution in [1.29, 1.82) is 0 Å². The number of rotatable bonds is 6. The van der Waals surface area contributed by atoms with Gasteiger partial charge in [0.05, 0.1) is 10.5 Å². The molecule has 0 bridgehead atoms. The molecule has 0 radical (unpaired) electrons. The summed E-state index contributed by atoms with van der Waals surface area (Å²) in [4.78, 5) is 10.4. The first-order valence-electron chi connectivity index (χ1n) is 7.52. The fraction of sp³-hybridized carbons (Fsp3) is 0.250. The van der Waals surface area contributed by atoms with Crippen molar-refractivity contribution in [3.63, 3.8) is 0 Å². The minimum Gasteiger partial charge on any atom is -0.454 e. The topological polar surface area (TPSA) is 78.7 Å². The largest absolute Gasteiger partial charge is 0.454 e. The average Bonchev–Trinajstić information content (AvgIpc) is 2.61. The number of ether oxygens (including phenoxy) is 1. The summed E-state index contributed by atoms with van der Waals surface area (Å²) in [5.74, 6) is -1.83. The number of hydrogen-bond acceptors (Lipinski definition) is 5. The molecule has 1 atom stereocenters. The van der Waals surface area contributed by atoms with Gasteiger partial charge in [0.1, 0.15) is 11.1 Å². The van der Waals surface area contributed by atoms with Crippen LogP contribution in [0.25, 0.3) is 0 Å². The second-order valence-electron chi connectivity index (χ2n) is 5.32. The quantitative estimate of drug-likeness (QED) is 0.296. The standard InChI is InChI=1S/C16H14F4NO5P/c1-3-9-6-12(21(22)23)15(27(24)25-2)8-14(9)26-13-5-4-10(7-11(13)17)16(18,19)20/h4-8,27H,3H2,1-2H3. The van der Waals surface area contributed by atoms with Gasteiger partial charge in [-0.15, -0.1) is 0 Å². The molecule has 6 nitrogen and oxygen atoms in total. The van der Waals surface area contributed by atoms with Gasteiger partial charge in [-0.2, -0.15) is 13.2 Å². The Hall–Kier alpha value is -2.45. The van der Waals surface area contributed by atoms with E-state index in [1.165, 1.54) is 0 Å². The molecular weight excluding hydrogens is 393 g/mol. The highest BCUT2D eigenvalue weighted by Crippen LogP contribution is 2.36. The van der Waals surface area contributed by atoms with Crippen LogP contribution in [0.2, 0.25) is 0 Å². The lowest BCUT2D eigenvalue weighted by Gasteiger charge is -2.14. The van der Waals surface area contributed by atoms with Gasteiger partial charge >= 0.3 is 6.18 Å². The van der Waals surface area contributed by atoms with Crippen LogP contribution in [0.15, 0.2) is 30.3 Å². The Balaban J connectivity index is 2.52. The summed E-state index contributed by atoms with van der Waals surface area (Å²) in [5.41, 5.74) is -1.34. The van der Waals surface area contributed by atoms with E-state index in [-0.39, 0.29) is 29.1 Å². The lowest BCUT2D eigenvalue weighted by Crippen LogP contribution is -2.09. The highest BCUT2D eigenvalue weighted by Gasteiger charge is 2.31. The fourth-order valence-corrected chi connectivity index (χ4v) is 3.13. The van der Waals surface area contributed by atoms with Crippen LogP contribution in [0.1, 0.15) is 18.1 Å². The number of halogens is 4. The molecule has 0 aromatic heterocycles. The predicted molar refractivity (Wildman–Crippen MR) is 89.6 cm³/mol. The van der Waals surface area contributed by atoms with Crippen molar-refractivity contribution < 1.29 is 36.3 Å². The Morgan fingerprint density at radius 2 is 1.85 bits per heavy atom. The molecule has 2 aromatic rings. The van der Waals surface area contributed by atoms with Gasteiger partial charge in [-0.05, 0) is 24.6 Å². The molecule has 2 rings (SSSR count).